The Balaban J connectivity index is 1.76. The monoisotopic (exact) mass is 447 g/mol. The molecule has 0 aromatic heterocycles. The Morgan fingerprint density at radius 2 is 1.72 bits per heavy atom. The van der Waals surface area contributed by atoms with Crippen LogP contribution in [-0.2, 0) is 14.3 Å². The maximum Gasteiger partial charge on any atom is 0.408 e. The van der Waals surface area contributed by atoms with Gasteiger partial charge >= 0.3 is 6.09 Å². The van der Waals surface area contributed by atoms with Crippen LogP contribution in [0.3, 0.4) is 0 Å². The summed E-state index contributed by atoms with van der Waals surface area (Å²) in [4.78, 5) is 38.4. The van der Waals surface area contributed by atoms with E-state index in [1.165, 1.54) is 0 Å². The average Bonchev–Trinajstić information content (AvgIpc) is 2.71. The van der Waals surface area contributed by atoms with Crippen LogP contribution < -0.4 is 15.4 Å². The fourth-order valence-corrected chi connectivity index (χ4v) is 3.47. The zero-order valence-corrected chi connectivity index (χ0v) is 20.1. The van der Waals surface area contributed by atoms with Gasteiger partial charge in [-0.25, -0.2) is 4.79 Å². The molecule has 178 valence electrons. The number of hydrogen-bond acceptors (Lipinski definition) is 5. The quantitative estimate of drug-likeness (QED) is 0.669. The molecule has 0 aliphatic carbocycles. The third-order valence-electron chi connectivity index (χ3n) is 5.19. The highest BCUT2D eigenvalue weighted by Gasteiger charge is 2.26. The molecule has 1 aliphatic heterocycles. The predicted octanol–water partition coefficient (Wildman–Crippen LogP) is 3.21. The second kappa shape index (κ2) is 11.2. The summed E-state index contributed by atoms with van der Waals surface area (Å²) < 4.78 is 11.1. The Labute approximate surface area is 191 Å². The van der Waals surface area contributed by atoms with Gasteiger partial charge in [-0.3, -0.25) is 9.59 Å². The first kappa shape index (κ1) is 25.5. The van der Waals surface area contributed by atoms with Crippen molar-refractivity contribution in [1.82, 2.24) is 15.5 Å². The first-order chi connectivity index (χ1) is 15.0. The fourth-order valence-electron chi connectivity index (χ4n) is 3.47. The number of likely N-dealkylation sites (tertiary alicyclic amines) is 1. The summed E-state index contributed by atoms with van der Waals surface area (Å²) in [6.45, 7) is 12.2. The van der Waals surface area contributed by atoms with E-state index >= 15 is 0 Å². The number of ether oxygens (including phenoxy) is 2. The molecule has 3 amide bonds. The van der Waals surface area contributed by atoms with Crippen molar-refractivity contribution in [2.45, 2.75) is 78.0 Å². The standard InChI is InChI=1S/C24H37N3O5/c1-16(2)19-9-7-8-10-20(19)31-17(3)22(29)26-18-11-13-27(14-12-18)21(28)15-25-23(30)32-24(4,5)6/h7-10,16-18H,11-15H2,1-6H3,(H,25,30)(H,26,29). The summed E-state index contributed by atoms with van der Waals surface area (Å²) in [5.41, 5.74) is 0.459. The molecule has 1 saturated heterocycles. The summed E-state index contributed by atoms with van der Waals surface area (Å²) in [6.07, 6.45) is 0.0759. The normalized spacial score (nSPS) is 15.8. The minimum atomic E-state index is -0.618. The second-order valence-electron chi connectivity index (χ2n) is 9.47. The van der Waals surface area contributed by atoms with E-state index in [4.69, 9.17) is 9.47 Å². The molecule has 1 unspecified atom stereocenters. The van der Waals surface area contributed by atoms with Crippen molar-refractivity contribution >= 4 is 17.9 Å². The van der Waals surface area contributed by atoms with Gasteiger partial charge in [0.2, 0.25) is 5.91 Å². The summed E-state index contributed by atoms with van der Waals surface area (Å²) in [7, 11) is 0. The molecule has 0 bridgehead atoms. The van der Waals surface area contributed by atoms with Gasteiger partial charge in [-0.1, -0.05) is 32.0 Å². The molecular formula is C24H37N3O5. The number of benzene rings is 1. The molecule has 1 aliphatic rings. The van der Waals surface area contributed by atoms with Crippen LogP contribution in [-0.4, -0.2) is 60.2 Å². The molecule has 1 aromatic carbocycles. The molecule has 0 spiro atoms. The van der Waals surface area contributed by atoms with E-state index in [1.807, 2.05) is 24.3 Å². The second-order valence-corrected chi connectivity index (χ2v) is 9.47. The zero-order valence-electron chi connectivity index (χ0n) is 20.1. The number of para-hydroxylation sites is 1. The number of alkyl carbamates (subject to hydrolysis) is 1. The highest BCUT2D eigenvalue weighted by Crippen LogP contribution is 2.26. The first-order valence-electron chi connectivity index (χ1n) is 11.3. The summed E-state index contributed by atoms with van der Waals surface area (Å²) in [6, 6.07) is 7.74. The van der Waals surface area contributed by atoms with Gasteiger partial charge < -0.3 is 25.0 Å². The number of carbonyl (C=O) groups is 3. The van der Waals surface area contributed by atoms with Gasteiger partial charge in [-0.05, 0) is 58.1 Å². The smallest absolute Gasteiger partial charge is 0.408 e. The Hall–Kier alpha value is -2.77. The molecule has 1 fully saturated rings. The van der Waals surface area contributed by atoms with Crippen molar-refractivity contribution in [3.63, 3.8) is 0 Å². The van der Waals surface area contributed by atoms with E-state index in [1.54, 1.807) is 32.6 Å². The lowest BCUT2D eigenvalue weighted by atomic mass is 10.0. The number of nitrogens with one attached hydrogen (secondary N) is 2. The molecule has 1 aromatic rings. The molecule has 1 atom stereocenters. The molecule has 2 N–H and O–H groups in total. The van der Waals surface area contributed by atoms with Crippen LogP contribution in [0.5, 0.6) is 5.75 Å². The predicted molar refractivity (Wildman–Crippen MR) is 123 cm³/mol. The van der Waals surface area contributed by atoms with Crippen LogP contribution in [0, 0.1) is 0 Å². The van der Waals surface area contributed by atoms with Crippen LogP contribution in [0.15, 0.2) is 24.3 Å². The molecule has 0 radical (unpaired) electrons. The average molecular weight is 448 g/mol. The zero-order chi connectivity index (χ0) is 23.9. The maximum absolute atomic E-state index is 12.6. The molecule has 0 saturated carbocycles. The first-order valence-corrected chi connectivity index (χ1v) is 11.3. The highest BCUT2D eigenvalue weighted by atomic mass is 16.6. The molecule has 1 heterocycles. The molecule has 8 nitrogen and oxygen atoms in total. The van der Waals surface area contributed by atoms with Crippen molar-refractivity contribution in [2.24, 2.45) is 0 Å². The summed E-state index contributed by atoms with van der Waals surface area (Å²) in [5.74, 6) is 0.693. The molecule has 32 heavy (non-hydrogen) atoms. The van der Waals surface area contributed by atoms with Gasteiger partial charge in [0.1, 0.15) is 17.9 Å². The lowest BCUT2D eigenvalue weighted by molar-refractivity contribution is -0.132. The summed E-state index contributed by atoms with van der Waals surface area (Å²) in [5, 5.41) is 5.52. The van der Waals surface area contributed by atoms with Crippen molar-refractivity contribution < 1.29 is 23.9 Å². The summed E-state index contributed by atoms with van der Waals surface area (Å²) >= 11 is 0. The van der Waals surface area contributed by atoms with E-state index in [2.05, 4.69) is 24.5 Å². The van der Waals surface area contributed by atoms with E-state index in [9.17, 15) is 14.4 Å². The largest absolute Gasteiger partial charge is 0.481 e. The van der Waals surface area contributed by atoms with Gasteiger partial charge in [0.05, 0.1) is 0 Å². The number of piperidine rings is 1. The Morgan fingerprint density at radius 1 is 1.09 bits per heavy atom. The van der Waals surface area contributed by atoms with Gasteiger partial charge in [0.15, 0.2) is 6.10 Å². The third kappa shape index (κ3) is 8.05. The minimum absolute atomic E-state index is 0.0169. The van der Waals surface area contributed by atoms with E-state index < -0.39 is 17.8 Å². The van der Waals surface area contributed by atoms with Crippen LogP contribution >= 0.6 is 0 Å². The third-order valence-corrected chi connectivity index (χ3v) is 5.19. The van der Waals surface area contributed by atoms with Crippen molar-refractivity contribution in [3.8, 4) is 5.75 Å². The maximum atomic E-state index is 12.6. The van der Waals surface area contributed by atoms with E-state index in [0.717, 1.165) is 11.3 Å². The number of carbonyl (C=O) groups excluding carboxylic acids is 3. The van der Waals surface area contributed by atoms with E-state index in [0.29, 0.717) is 31.8 Å². The Morgan fingerprint density at radius 3 is 2.31 bits per heavy atom. The lowest BCUT2D eigenvalue weighted by Gasteiger charge is -2.33. The Bertz CT molecular complexity index is 795. The number of hydrogen-bond donors (Lipinski definition) is 2. The van der Waals surface area contributed by atoms with Crippen molar-refractivity contribution in [3.05, 3.63) is 29.8 Å². The van der Waals surface area contributed by atoms with Crippen molar-refractivity contribution in [2.75, 3.05) is 19.6 Å². The molecule has 2 rings (SSSR count). The number of rotatable bonds is 7. The van der Waals surface area contributed by atoms with Gasteiger partial charge in [0, 0.05) is 19.1 Å². The van der Waals surface area contributed by atoms with E-state index in [-0.39, 0.29) is 24.4 Å². The minimum Gasteiger partial charge on any atom is -0.481 e. The SMILES string of the molecule is CC(Oc1ccccc1C(C)C)C(=O)NC1CCN(C(=O)CNC(=O)OC(C)(C)C)CC1. The van der Waals surface area contributed by atoms with Crippen LogP contribution in [0.4, 0.5) is 4.79 Å². The number of amides is 3. The van der Waals surface area contributed by atoms with Crippen LogP contribution in [0.25, 0.3) is 0 Å². The number of nitrogens with zero attached hydrogens (tertiary/aromatic N) is 1. The Kier molecular flexibility index (Phi) is 8.92. The topological polar surface area (TPSA) is 97.0 Å². The fraction of sp³-hybridized carbons (Fsp3) is 0.625. The molecule has 8 heteroatoms. The van der Waals surface area contributed by atoms with Gasteiger partial charge in [-0.15, -0.1) is 0 Å². The van der Waals surface area contributed by atoms with Crippen LogP contribution in [0.2, 0.25) is 0 Å². The highest BCUT2D eigenvalue weighted by molar-refractivity contribution is 5.83. The van der Waals surface area contributed by atoms with Gasteiger partial charge in [0.25, 0.3) is 5.91 Å². The lowest BCUT2D eigenvalue weighted by Crippen LogP contribution is -2.51. The molecular weight excluding hydrogens is 410 g/mol. The van der Waals surface area contributed by atoms with Gasteiger partial charge in [-0.2, -0.15) is 0 Å². The van der Waals surface area contributed by atoms with Crippen molar-refractivity contribution in [1.29, 1.82) is 0 Å². The van der Waals surface area contributed by atoms with Crippen LogP contribution in [0.1, 0.15) is 65.9 Å².